The molecule has 2 aromatic rings. The standard InChI is InChI=1S/C15H21N5O/c1-20(2)8-7-16-15-18-10-13(11-19-15)17-9-12-5-3-4-6-14(12)21/h3-6,10-11,17,21H,7-9H2,1-2H3,(H,16,18,19). The molecule has 0 saturated heterocycles. The minimum Gasteiger partial charge on any atom is -0.508 e. The van der Waals surface area contributed by atoms with Crippen molar-refractivity contribution in [2.75, 3.05) is 37.8 Å². The number of phenols is 1. The molecule has 112 valence electrons. The minimum atomic E-state index is 0.285. The third-order valence-electron chi connectivity index (χ3n) is 2.97. The van der Waals surface area contributed by atoms with Gasteiger partial charge in [0.05, 0.1) is 18.1 Å². The summed E-state index contributed by atoms with van der Waals surface area (Å²) in [5.74, 6) is 0.901. The van der Waals surface area contributed by atoms with Crippen molar-refractivity contribution in [3.8, 4) is 5.75 Å². The van der Waals surface area contributed by atoms with Gasteiger partial charge in [-0.2, -0.15) is 0 Å². The molecule has 0 unspecified atom stereocenters. The highest BCUT2D eigenvalue weighted by atomic mass is 16.3. The molecule has 0 saturated carbocycles. The van der Waals surface area contributed by atoms with Crippen LogP contribution in [0.4, 0.5) is 11.6 Å². The van der Waals surface area contributed by atoms with Crippen molar-refractivity contribution in [1.82, 2.24) is 14.9 Å². The van der Waals surface area contributed by atoms with Gasteiger partial charge in [-0.25, -0.2) is 9.97 Å². The summed E-state index contributed by atoms with van der Waals surface area (Å²) in [6.07, 6.45) is 3.45. The number of hydrogen-bond acceptors (Lipinski definition) is 6. The Balaban J connectivity index is 1.84. The largest absolute Gasteiger partial charge is 0.508 e. The van der Waals surface area contributed by atoms with Crippen molar-refractivity contribution >= 4 is 11.6 Å². The summed E-state index contributed by atoms with van der Waals surface area (Å²) in [5.41, 5.74) is 1.65. The number of aromatic hydroxyl groups is 1. The van der Waals surface area contributed by atoms with Crippen LogP contribution in [0, 0.1) is 0 Å². The maximum Gasteiger partial charge on any atom is 0.222 e. The number of benzene rings is 1. The van der Waals surface area contributed by atoms with Gasteiger partial charge in [0.1, 0.15) is 5.75 Å². The molecule has 0 aliphatic heterocycles. The summed E-state index contributed by atoms with van der Waals surface area (Å²) in [6, 6.07) is 7.24. The lowest BCUT2D eigenvalue weighted by molar-refractivity contribution is 0.425. The third kappa shape index (κ3) is 4.92. The highest BCUT2D eigenvalue weighted by molar-refractivity contribution is 5.43. The van der Waals surface area contributed by atoms with Crippen LogP contribution in [0.3, 0.4) is 0 Å². The third-order valence-corrected chi connectivity index (χ3v) is 2.97. The van der Waals surface area contributed by atoms with Gasteiger partial charge in [0.15, 0.2) is 0 Å². The molecule has 6 heteroatoms. The Bertz CT molecular complexity index is 556. The number of hydrogen-bond donors (Lipinski definition) is 3. The summed E-state index contributed by atoms with van der Waals surface area (Å²) in [4.78, 5) is 10.6. The summed E-state index contributed by atoms with van der Waals surface area (Å²) < 4.78 is 0. The fourth-order valence-electron chi connectivity index (χ4n) is 1.76. The molecule has 0 aliphatic carbocycles. The van der Waals surface area contributed by atoms with Crippen LogP contribution >= 0.6 is 0 Å². The number of phenolic OH excluding ortho intramolecular Hbond substituents is 1. The van der Waals surface area contributed by atoms with Gasteiger partial charge in [-0.1, -0.05) is 18.2 Å². The van der Waals surface area contributed by atoms with Crippen molar-refractivity contribution in [2.45, 2.75) is 6.54 Å². The first-order chi connectivity index (χ1) is 10.1. The SMILES string of the molecule is CN(C)CCNc1ncc(NCc2ccccc2O)cn1. The Morgan fingerprint density at radius 1 is 1.10 bits per heavy atom. The van der Waals surface area contributed by atoms with E-state index >= 15 is 0 Å². The Hall–Kier alpha value is -2.34. The summed E-state index contributed by atoms with van der Waals surface area (Å²) >= 11 is 0. The van der Waals surface area contributed by atoms with Gasteiger partial charge in [0.25, 0.3) is 0 Å². The second-order valence-electron chi connectivity index (χ2n) is 5.01. The van der Waals surface area contributed by atoms with Crippen LogP contribution in [-0.2, 0) is 6.54 Å². The van der Waals surface area contributed by atoms with Gasteiger partial charge in [0.2, 0.25) is 5.95 Å². The van der Waals surface area contributed by atoms with E-state index in [9.17, 15) is 5.11 Å². The molecule has 0 amide bonds. The van der Waals surface area contributed by atoms with Crippen LogP contribution in [0.25, 0.3) is 0 Å². The molecule has 0 radical (unpaired) electrons. The molecular formula is C15H21N5O. The number of para-hydroxylation sites is 1. The lowest BCUT2D eigenvalue weighted by Gasteiger charge is -2.11. The van der Waals surface area contributed by atoms with Crippen LogP contribution in [0.1, 0.15) is 5.56 Å². The quantitative estimate of drug-likeness (QED) is 0.721. The van der Waals surface area contributed by atoms with Crippen LogP contribution < -0.4 is 10.6 Å². The second kappa shape index (κ2) is 7.44. The molecule has 1 heterocycles. The predicted octanol–water partition coefficient (Wildman–Crippen LogP) is 1.77. The van der Waals surface area contributed by atoms with Crippen LogP contribution in [0.5, 0.6) is 5.75 Å². The summed E-state index contributed by atoms with van der Waals surface area (Å²) in [7, 11) is 4.04. The van der Waals surface area contributed by atoms with Gasteiger partial charge < -0.3 is 20.6 Å². The van der Waals surface area contributed by atoms with E-state index in [0.717, 1.165) is 24.3 Å². The van der Waals surface area contributed by atoms with Crippen molar-refractivity contribution < 1.29 is 5.11 Å². The molecular weight excluding hydrogens is 266 g/mol. The first kappa shape index (κ1) is 15.1. The molecule has 0 spiro atoms. The average Bonchev–Trinajstić information content (AvgIpc) is 2.47. The molecule has 0 fully saturated rings. The van der Waals surface area contributed by atoms with E-state index in [4.69, 9.17) is 0 Å². The van der Waals surface area contributed by atoms with E-state index < -0.39 is 0 Å². The number of nitrogens with one attached hydrogen (secondary N) is 2. The molecule has 0 atom stereocenters. The van der Waals surface area contributed by atoms with Crippen molar-refractivity contribution in [2.24, 2.45) is 0 Å². The van der Waals surface area contributed by atoms with Gasteiger partial charge in [0, 0.05) is 25.2 Å². The number of anilines is 2. The molecule has 1 aromatic carbocycles. The van der Waals surface area contributed by atoms with Gasteiger partial charge in [-0.3, -0.25) is 0 Å². The first-order valence-electron chi connectivity index (χ1n) is 6.86. The van der Waals surface area contributed by atoms with E-state index in [1.165, 1.54) is 0 Å². The fourth-order valence-corrected chi connectivity index (χ4v) is 1.76. The highest BCUT2D eigenvalue weighted by Gasteiger charge is 2.01. The van der Waals surface area contributed by atoms with E-state index in [2.05, 4.69) is 25.5 Å². The van der Waals surface area contributed by atoms with Crippen LogP contribution in [0.2, 0.25) is 0 Å². The number of rotatable bonds is 7. The zero-order valence-electron chi connectivity index (χ0n) is 12.4. The molecule has 0 aliphatic rings. The normalized spacial score (nSPS) is 10.6. The van der Waals surface area contributed by atoms with Crippen LogP contribution in [0.15, 0.2) is 36.7 Å². The molecule has 2 rings (SSSR count). The number of likely N-dealkylation sites (N-methyl/N-ethyl adjacent to an activating group) is 1. The zero-order valence-corrected chi connectivity index (χ0v) is 12.4. The monoisotopic (exact) mass is 287 g/mol. The summed E-state index contributed by atoms with van der Waals surface area (Å²) in [6.45, 7) is 2.26. The zero-order chi connectivity index (χ0) is 15.1. The van der Waals surface area contributed by atoms with Gasteiger partial charge in [-0.05, 0) is 20.2 Å². The Labute approximate surface area is 124 Å². The topological polar surface area (TPSA) is 73.3 Å². The van der Waals surface area contributed by atoms with Gasteiger partial charge >= 0.3 is 0 Å². The molecule has 21 heavy (non-hydrogen) atoms. The maximum atomic E-state index is 9.69. The average molecular weight is 287 g/mol. The Kier molecular flexibility index (Phi) is 5.34. The van der Waals surface area contributed by atoms with Crippen molar-refractivity contribution in [1.29, 1.82) is 0 Å². The summed E-state index contributed by atoms with van der Waals surface area (Å²) in [5, 5.41) is 16.0. The molecule has 1 aromatic heterocycles. The van der Waals surface area contributed by atoms with Crippen molar-refractivity contribution in [3.05, 3.63) is 42.2 Å². The number of nitrogens with zero attached hydrogens (tertiary/aromatic N) is 3. The Morgan fingerprint density at radius 3 is 2.48 bits per heavy atom. The van der Waals surface area contributed by atoms with E-state index in [0.29, 0.717) is 12.5 Å². The smallest absolute Gasteiger partial charge is 0.222 e. The lowest BCUT2D eigenvalue weighted by atomic mass is 10.2. The van der Waals surface area contributed by atoms with Crippen LogP contribution in [-0.4, -0.2) is 47.2 Å². The second-order valence-corrected chi connectivity index (χ2v) is 5.01. The van der Waals surface area contributed by atoms with Crippen molar-refractivity contribution in [3.63, 3.8) is 0 Å². The van der Waals surface area contributed by atoms with E-state index in [-0.39, 0.29) is 5.75 Å². The van der Waals surface area contributed by atoms with Gasteiger partial charge in [-0.15, -0.1) is 0 Å². The number of aromatic nitrogens is 2. The maximum absolute atomic E-state index is 9.69. The molecule has 6 nitrogen and oxygen atoms in total. The minimum absolute atomic E-state index is 0.285. The molecule has 0 bridgehead atoms. The van der Waals surface area contributed by atoms with E-state index in [1.54, 1.807) is 24.5 Å². The first-order valence-corrected chi connectivity index (χ1v) is 6.86. The highest BCUT2D eigenvalue weighted by Crippen LogP contribution is 2.17. The predicted molar refractivity (Wildman–Crippen MR) is 84.5 cm³/mol. The molecule has 3 N–H and O–H groups in total. The lowest BCUT2D eigenvalue weighted by Crippen LogP contribution is -2.21. The Morgan fingerprint density at radius 2 is 1.81 bits per heavy atom. The van der Waals surface area contributed by atoms with E-state index in [1.807, 2.05) is 26.2 Å². The fraction of sp³-hybridized carbons (Fsp3) is 0.333.